The van der Waals surface area contributed by atoms with E-state index < -0.39 is 21.3 Å². The number of amides is 1. The molecule has 0 aromatic heterocycles. The maximum absolute atomic E-state index is 12.3. The Balaban J connectivity index is 0.00000420. The first kappa shape index (κ1) is 25.5. The van der Waals surface area contributed by atoms with Crippen molar-refractivity contribution in [2.24, 2.45) is 5.73 Å². The van der Waals surface area contributed by atoms with Gasteiger partial charge in [0.1, 0.15) is 6.04 Å². The number of nitrogens with one attached hydrogen (secondary N) is 3. The van der Waals surface area contributed by atoms with Crippen molar-refractivity contribution < 1.29 is 13.2 Å². The Bertz CT molecular complexity index is 690. The Kier molecular flexibility index (Phi) is 10.7. The van der Waals surface area contributed by atoms with Crippen molar-refractivity contribution in [2.45, 2.75) is 81.5 Å². The number of hydrogen-bond acceptors (Lipinski definition) is 6. The van der Waals surface area contributed by atoms with Gasteiger partial charge < -0.3 is 16.0 Å². The number of guanidine groups is 1. The van der Waals surface area contributed by atoms with E-state index in [1.807, 2.05) is 0 Å². The second kappa shape index (κ2) is 12.2. The van der Waals surface area contributed by atoms with Gasteiger partial charge in [0, 0.05) is 13.1 Å². The van der Waals surface area contributed by atoms with Crippen molar-refractivity contribution in [2.75, 3.05) is 13.1 Å². The molecule has 1 saturated heterocycles. The van der Waals surface area contributed by atoms with Crippen molar-refractivity contribution in [3.8, 4) is 6.07 Å². The molecule has 29 heavy (non-hydrogen) atoms. The number of hydrogen-bond donors (Lipinski definition) is 4. The molecule has 0 radical (unpaired) electrons. The number of rotatable bonds is 8. The predicted octanol–water partition coefficient (Wildman–Crippen LogP) is 1.20. The summed E-state index contributed by atoms with van der Waals surface area (Å²) < 4.78 is 26.8. The molecule has 1 aliphatic carbocycles. The molecule has 2 aliphatic rings. The molecule has 2 rings (SSSR count). The van der Waals surface area contributed by atoms with Crippen LogP contribution in [0.4, 0.5) is 0 Å². The third-order valence-corrected chi connectivity index (χ3v) is 7.32. The van der Waals surface area contributed by atoms with E-state index in [2.05, 4.69) is 16.1 Å². The highest BCUT2D eigenvalue weighted by atomic mass is 35.5. The zero-order chi connectivity index (χ0) is 20.6. The summed E-state index contributed by atoms with van der Waals surface area (Å²) in [5.74, 6) is -0.384. The molecule has 2 fully saturated rings. The number of nitrogens with two attached hydrogens (primary N) is 1. The van der Waals surface area contributed by atoms with Gasteiger partial charge in [0.2, 0.25) is 21.9 Å². The van der Waals surface area contributed by atoms with Crippen LogP contribution in [0.25, 0.3) is 0 Å². The third kappa shape index (κ3) is 7.64. The largest absolute Gasteiger partial charge is 0.356 e. The molecule has 0 spiro atoms. The average Bonchev–Trinajstić information content (AvgIpc) is 3.16. The van der Waals surface area contributed by atoms with Crippen LogP contribution in [-0.2, 0) is 14.8 Å². The summed E-state index contributed by atoms with van der Waals surface area (Å²) in [6, 6.07) is 1.15. The highest BCUT2D eigenvalue weighted by molar-refractivity contribution is 7.90. The van der Waals surface area contributed by atoms with Gasteiger partial charge in [0.25, 0.3) is 0 Å². The van der Waals surface area contributed by atoms with E-state index in [0.29, 0.717) is 51.6 Å². The van der Waals surface area contributed by atoms with E-state index in [1.165, 1.54) is 0 Å². The fraction of sp³-hybridized carbons (Fsp3) is 0.833. The summed E-state index contributed by atoms with van der Waals surface area (Å²) >= 11 is 0. The number of sulfonamides is 1. The lowest BCUT2D eigenvalue weighted by Gasteiger charge is -2.23. The molecular formula is C18H33ClN6O3S. The molecule has 9 nitrogen and oxygen atoms in total. The smallest absolute Gasteiger partial charge is 0.240 e. The minimum absolute atomic E-state index is 0. The number of unbranched alkanes of at least 4 members (excludes halogenated alkanes) is 1. The number of likely N-dealkylation sites (tertiary alicyclic amines) is 1. The molecule has 5 N–H and O–H groups in total. The van der Waals surface area contributed by atoms with Crippen LogP contribution in [0.15, 0.2) is 0 Å². The van der Waals surface area contributed by atoms with E-state index in [9.17, 15) is 13.2 Å². The van der Waals surface area contributed by atoms with Gasteiger partial charge in [0.15, 0.2) is 0 Å². The molecule has 166 valence electrons. The van der Waals surface area contributed by atoms with Gasteiger partial charge in [-0.05, 0) is 44.9 Å². The highest BCUT2D eigenvalue weighted by Crippen LogP contribution is 2.23. The normalized spacial score (nSPS) is 21.0. The molecular weight excluding hydrogens is 416 g/mol. The molecule has 0 aromatic carbocycles. The minimum atomic E-state index is -3.50. The van der Waals surface area contributed by atoms with E-state index in [0.717, 1.165) is 25.7 Å². The molecule has 0 aromatic rings. The number of nitriles is 1. The Labute approximate surface area is 179 Å². The molecule has 11 heteroatoms. The summed E-state index contributed by atoms with van der Waals surface area (Å²) in [6.07, 6.45) is 7.57. The van der Waals surface area contributed by atoms with Gasteiger partial charge in [-0.1, -0.05) is 19.3 Å². The van der Waals surface area contributed by atoms with E-state index in [1.54, 1.807) is 4.90 Å². The summed E-state index contributed by atoms with van der Waals surface area (Å²) in [6.45, 7) is 1.02. The summed E-state index contributed by atoms with van der Waals surface area (Å²) in [5, 5.41) is 19.2. The van der Waals surface area contributed by atoms with Crippen molar-refractivity contribution >= 4 is 34.3 Å². The van der Waals surface area contributed by atoms with Crippen molar-refractivity contribution in [3.05, 3.63) is 0 Å². The molecule has 0 bridgehead atoms. The Morgan fingerprint density at radius 2 is 1.90 bits per heavy atom. The zero-order valence-corrected chi connectivity index (χ0v) is 18.4. The van der Waals surface area contributed by atoms with Crippen molar-refractivity contribution in [1.29, 1.82) is 10.7 Å². The van der Waals surface area contributed by atoms with Crippen LogP contribution in [0, 0.1) is 16.7 Å². The van der Waals surface area contributed by atoms with Gasteiger partial charge in [-0.2, -0.15) is 5.26 Å². The lowest BCUT2D eigenvalue weighted by molar-refractivity contribution is -0.132. The fourth-order valence-corrected chi connectivity index (χ4v) is 5.32. The minimum Gasteiger partial charge on any atom is -0.356 e. The summed E-state index contributed by atoms with van der Waals surface area (Å²) in [5.41, 5.74) is 5.97. The molecule has 1 heterocycles. The van der Waals surface area contributed by atoms with Gasteiger partial charge in [-0.3, -0.25) is 14.9 Å². The molecule has 0 unspecified atom stereocenters. The maximum atomic E-state index is 12.3. The number of halogens is 1. The Morgan fingerprint density at radius 3 is 2.55 bits per heavy atom. The van der Waals surface area contributed by atoms with Crippen LogP contribution in [0.5, 0.6) is 0 Å². The van der Waals surface area contributed by atoms with Crippen LogP contribution in [0.1, 0.15) is 64.2 Å². The SMILES string of the molecule is Cl.N#C[C@@H]1CCCN1C(=O)[C@@H](N)CCCCNC(=N)NS(=O)(=O)C1CCCCC1. The first-order chi connectivity index (χ1) is 13.3. The second-order valence-corrected chi connectivity index (χ2v) is 9.59. The first-order valence-corrected chi connectivity index (χ1v) is 11.7. The monoisotopic (exact) mass is 448 g/mol. The van der Waals surface area contributed by atoms with Gasteiger partial charge >= 0.3 is 0 Å². The van der Waals surface area contributed by atoms with Crippen LogP contribution in [0.3, 0.4) is 0 Å². The maximum Gasteiger partial charge on any atom is 0.240 e. The predicted molar refractivity (Wildman–Crippen MR) is 114 cm³/mol. The third-order valence-electron chi connectivity index (χ3n) is 5.48. The standard InChI is InChI=1S/C18H32N6O3S.ClH/c19-13-14-7-6-12-24(14)17(25)16(20)10-4-5-11-22-18(21)23-28(26,27)15-8-2-1-3-9-15;/h14-16H,1-12,20H2,(H3,21,22,23);1H/t14-,16-;/m0./s1. The lowest BCUT2D eigenvalue weighted by atomic mass is 10.0. The van der Waals surface area contributed by atoms with Crippen LogP contribution in [0.2, 0.25) is 0 Å². The number of nitrogens with zero attached hydrogens (tertiary/aromatic N) is 2. The van der Waals surface area contributed by atoms with Crippen LogP contribution in [-0.4, -0.2) is 55.6 Å². The van der Waals surface area contributed by atoms with Crippen molar-refractivity contribution in [1.82, 2.24) is 14.9 Å². The highest BCUT2D eigenvalue weighted by Gasteiger charge is 2.31. The molecule has 2 atom stereocenters. The summed E-state index contributed by atoms with van der Waals surface area (Å²) in [7, 11) is -3.50. The molecule has 1 aliphatic heterocycles. The number of carbonyl (C=O) groups excluding carboxylic acids is 1. The Morgan fingerprint density at radius 1 is 1.21 bits per heavy atom. The topological polar surface area (TPSA) is 152 Å². The van der Waals surface area contributed by atoms with Gasteiger partial charge in [-0.15, -0.1) is 12.4 Å². The van der Waals surface area contributed by atoms with Gasteiger partial charge in [-0.25, -0.2) is 8.42 Å². The fourth-order valence-electron chi connectivity index (χ4n) is 3.84. The average molecular weight is 449 g/mol. The van der Waals surface area contributed by atoms with Crippen molar-refractivity contribution in [3.63, 3.8) is 0 Å². The quantitative estimate of drug-likeness (QED) is 0.248. The van der Waals surface area contributed by atoms with E-state index in [-0.39, 0.29) is 30.3 Å². The lowest BCUT2D eigenvalue weighted by Crippen LogP contribution is -2.46. The van der Waals surface area contributed by atoms with Gasteiger partial charge in [0.05, 0.1) is 17.4 Å². The molecule has 1 saturated carbocycles. The second-order valence-electron chi connectivity index (χ2n) is 7.63. The van der Waals surface area contributed by atoms with E-state index in [4.69, 9.17) is 16.4 Å². The van der Waals surface area contributed by atoms with Crippen LogP contribution < -0.4 is 15.8 Å². The Hall–Kier alpha value is -1.57. The summed E-state index contributed by atoms with van der Waals surface area (Å²) in [4.78, 5) is 13.9. The zero-order valence-electron chi connectivity index (χ0n) is 16.7. The van der Waals surface area contributed by atoms with Crippen LogP contribution >= 0.6 is 12.4 Å². The number of carbonyl (C=O) groups is 1. The van der Waals surface area contributed by atoms with E-state index >= 15 is 0 Å². The molecule has 1 amide bonds. The first-order valence-electron chi connectivity index (χ1n) is 10.1.